The second kappa shape index (κ2) is 5.80. The fourth-order valence-electron chi connectivity index (χ4n) is 3.55. The Balaban J connectivity index is 2.09. The van der Waals surface area contributed by atoms with Gasteiger partial charge >= 0.3 is 5.97 Å². The van der Waals surface area contributed by atoms with E-state index in [1.165, 1.54) is 12.8 Å². The number of nitrogens with one attached hydrogen (secondary N) is 1. The van der Waals surface area contributed by atoms with Gasteiger partial charge in [0.15, 0.2) is 0 Å². The average molecular weight is 268 g/mol. The minimum absolute atomic E-state index is 0.316. The summed E-state index contributed by atoms with van der Waals surface area (Å²) in [6.07, 6.45) is 4.49. The highest BCUT2D eigenvalue weighted by Crippen LogP contribution is 2.41. The Labute approximate surface area is 116 Å². The molecule has 19 heavy (non-hydrogen) atoms. The van der Waals surface area contributed by atoms with Crippen LogP contribution in [0.4, 0.5) is 0 Å². The molecule has 4 nitrogen and oxygen atoms in total. The number of hydrogen-bond acceptors (Lipinski definition) is 3. The number of carboxylic acids is 1. The lowest BCUT2D eigenvalue weighted by molar-refractivity contribution is -0.147. The van der Waals surface area contributed by atoms with Gasteiger partial charge in [0.1, 0.15) is 5.54 Å². The maximum absolute atomic E-state index is 11.8. The van der Waals surface area contributed by atoms with E-state index in [2.05, 4.69) is 24.1 Å². The molecular formula is C15H28N2O2. The Hall–Kier alpha value is -0.610. The average Bonchev–Trinajstić information content (AvgIpc) is 3.15. The number of likely N-dealkylation sites (tertiary alicyclic amines) is 1. The van der Waals surface area contributed by atoms with E-state index in [0.717, 1.165) is 31.8 Å². The second-order valence-corrected chi connectivity index (χ2v) is 6.53. The number of carboxylic acid groups (broad SMARTS) is 1. The smallest absolute Gasteiger partial charge is 0.325 e. The molecule has 2 rings (SSSR count). The largest absolute Gasteiger partial charge is 0.480 e. The summed E-state index contributed by atoms with van der Waals surface area (Å²) in [6, 6.07) is 0.500. The van der Waals surface area contributed by atoms with Gasteiger partial charge in [0.2, 0.25) is 0 Å². The molecule has 110 valence electrons. The summed E-state index contributed by atoms with van der Waals surface area (Å²) in [5, 5.41) is 13.0. The summed E-state index contributed by atoms with van der Waals surface area (Å²) in [5.41, 5.74) is -0.719. The Bertz CT molecular complexity index is 330. The zero-order valence-corrected chi connectivity index (χ0v) is 12.5. The highest BCUT2D eigenvalue weighted by atomic mass is 16.4. The van der Waals surface area contributed by atoms with Gasteiger partial charge in [-0.3, -0.25) is 9.69 Å². The molecule has 2 N–H and O–H groups in total. The Morgan fingerprint density at radius 2 is 2.05 bits per heavy atom. The van der Waals surface area contributed by atoms with Crippen molar-refractivity contribution in [3.63, 3.8) is 0 Å². The third-order valence-electron chi connectivity index (χ3n) is 4.88. The van der Waals surface area contributed by atoms with Crippen LogP contribution in [-0.4, -0.2) is 47.2 Å². The van der Waals surface area contributed by atoms with E-state index < -0.39 is 11.5 Å². The van der Waals surface area contributed by atoms with Crippen LogP contribution in [0.1, 0.15) is 46.5 Å². The first-order chi connectivity index (χ1) is 8.99. The first kappa shape index (κ1) is 14.8. The van der Waals surface area contributed by atoms with Crippen molar-refractivity contribution in [2.75, 3.05) is 19.6 Å². The van der Waals surface area contributed by atoms with Crippen molar-refractivity contribution >= 4 is 5.97 Å². The summed E-state index contributed by atoms with van der Waals surface area (Å²) in [4.78, 5) is 14.2. The van der Waals surface area contributed by atoms with Gasteiger partial charge in [0.05, 0.1) is 0 Å². The molecule has 1 aliphatic heterocycles. The number of likely N-dealkylation sites (N-methyl/N-ethyl adjacent to an activating group) is 1. The molecule has 4 heteroatoms. The second-order valence-electron chi connectivity index (χ2n) is 6.53. The van der Waals surface area contributed by atoms with Gasteiger partial charge in [-0.1, -0.05) is 13.8 Å². The maximum Gasteiger partial charge on any atom is 0.325 e. The van der Waals surface area contributed by atoms with Crippen molar-refractivity contribution in [2.24, 2.45) is 11.8 Å². The van der Waals surface area contributed by atoms with Crippen LogP contribution < -0.4 is 5.32 Å². The summed E-state index contributed by atoms with van der Waals surface area (Å²) in [5.74, 6) is 0.421. The fraction of sp³-hybridized carbons (Fsp3) is 0.933. The molecule has 1 saturated carbocycles. The predicted octanol–water partition coefficient (Wildman–Crippen LogP) is 1.95. The third-order valence-corrected chi connectivity index (χ3v) is 4.88. The number of nitrogens with zero attached hydrogens (tertiary/aromatic N) is 1. The lowest BCUT2D eigenvalue weighted by atomic mass is 9.88. The normalized spacial score (nSPS) is 31.9. The van der Waals surface area contributed by atoms with Gasteiger partial charge in [0, 0.05) is 12.6 Å². The standard InChI is InChI=1S/C15H28N2O2/c1-4-16-15(14(18)19,13-5-6-13)10-17-8-7-11(2)9-12(17)3/h11-13,16H,4-10H2,1-3H3,(H,18,19). The SMILES string of the molecule is CCNC(CN1CCC(C)CC1C)(C(=O)O)C1CC1. The first-order valence-electron chi connectivity index (χ1n) is 7.72. The lowest BCUT2D eigenvalue weighted by Crippen LogP contribution is -2.62. The van der Waals surface area contributed by atoms with E-state index in [4.69, 9.17) is 0 Å². The van der Waals surface area contributed by atoms with Crippen molar-refractivity contribution in [2.45, 2.75) is 58.0 Å². The van der Waals surface area contributed by atoms with Gasteiger partial charge in [-0.2, -0.15) is 0 Å². The van der Waals surface area contributed by atoms with Gasteiger partial charge < -0.3 is 10.4 Å². The van der Waals surface area contributed by atoms with Gasteiger partial charge in [0.25, 0.3) is 0 Å². The minimum atomic E-state index is -0.719. The van der Waals surface area contributed by atoms with E-state index in [1.807, 2.05) is 6.92 Å². The topological polar surface area (TPSA) is 52.6 Å². The van der Waals surface area contributed by atoms with Crippen LogP contribution in [-0.2, 0) is 4.79 Å². The molecule has 3 atom stereocenters. The predicted molar refractivity (Wildman–Crippen MR) is 76.2 cm³/mol. The van der Waals surface area contributed by atoms with Crippen LogP contribution in [0.3, 0.4) is 0 Å². The summed E-state index contributed by atoms with van der Waals surface area (Å²) in [6.45, 7) is 8.96. The van der Waals surface area contributed by atoms with Crippen LogP contribution in [0, 0.1) is 11.8 Å². The zero-order chi connectivity index (χ0) is 14.0. The number of rotatable bonds is 6. The molecule has 2 fully saturated rings. The van der Waals surface area contributed by atoms with Crippen LogP contribution >= 0.6 is 0 Å². The molecular weight excluding hydrogens is 240 g/mol. The van der Waals surface area contributed by atoms with Crippen molar-refractivity contribution in [1.82, 2.24) is 10.2 Å². The van der Waals surface area contributed by atoms with Crippen molar-refractivity contribution in [3.05, 3.63) is 0 Å². The highest BCUT2D eigenvalue weighted by Gasteiger charge is 2.52. The Morgan fingerprint density at radius 1 is 1.37 bits per heavy atom. The quantitative estimate of drug-likeness (QED) is 0.773. The molecule has 0 amide bonds. The molecule has 3 unspecified atom stereocenters. The third kappa shape index (κ3) is 3.11. The zero-order valence-electron chi connectivity index (χ0n) is 12.5. The van der Waals surface area contributed by atoms with Gasteiger partial charge in [-0.05, 0) is 57.5 Å². The van der Waals surface area contributed by atoms with Crippen molar-refractivity contribution in [3.8, 4) is 0 Å². The molecule has 0 aromatic heterocycles. The Morgan fingerprint density at radius 3 is 2.53 bits per heavy atom. The van der Waals surface area contributed by atoms with Gasteiger partial charge in [-0.25, -0.2) is 0 Å². The number of carbonyl (C=O) groups is 1. The van der Waals surface area contributed by atoms with E-state index >= 15 is 0 Å². The molecule has 2 aliphatic rings. The van der Waals surface area contributed by atoms with Crippen LogP contribution in [0.15, 0.2) is 0 Å². The molecule has 0 spiro atoms. The summed E-state index contributed by atoms with van der Waals surface area (Å²) >= 11 is 0. The number of aliphatic carboxylic acids is 1. The van der Waals surface area contributed by atoms with Gasteiger partial charge in [-0.15, -0.1) is 0 Å². The number of piperidine rings is 1. The summed E-state index contributed by atoms with van der Waals surface area (Å²) in [7, 11) is 0. The number of hydrogen-bond donors (Lipinski definition) is 2. The summed E-state index contributed by atoms with van der Waals surface area (Å²) < 4.78 is 0. The van der Waals surface area contributed by atoms with Crippen LogP contribution in [0.2, 0.25) is 0 Å². The molecule has 1 heterocycles. The minimum Gasteiger partial charge on any atom is -0.480 e. The molecule has 1 aliphatic carbocycles. The first-order valence-corrected chi connectivity index (χ1v) is 7.72. The lowest BCUT2D eigenvalue weighted by Gasteiger charge is -2.42. The van der Waals surface area contributed by atoms with E-state index in [0.29, 0.717) is 18.5 Å². The Kier molecular flexibility index (Phi) is 4.51. The fourth-order valence-corrected chi connectivity index (χ4v) is 3.55. The van der Waals surface area contributed by atoms with Crippen molar-refractivity contribution in [1.29, 1.82) is 0 Å². The van der Waals surface area contributed by atoms with E-state index in [1.54, 1.807) is 0 Å². The maximum atomic E-state index is 11.8. The van der Waals surface area contributed by atoms with E-state index in [9.17, 15) is 9.90 Å². The molecule has 0 aromatic carbocycles. The highest BCUT2D eigenvalue weighted by molar-refractivity contribution is 5.80. The molecule has 0 bridgehead atoms. The molecule has 0 aromatic rings. The van der Waals surface area contributed by atoms with Crippen molar-refractivity contribution < 1.29 is 9.90 Å². The molecule has 1 saturated heterocycles. The van der Waals surface area contributed by atoms with Crippen LogP contribution in [0.5, 0.6) is 0 Å². The van der Waals surface area contributed by atoms with E-state index in [-0.39, 0.29) is 0 Å². The molecule has 0 radical (unpaired) electrons. The monoisotopic (exact) mass is 268 g/mol. The van der Waals surface area contributed by atoms with Crippen LogP contribution in [0.25, 0.3) is 0 Å².